The molecule has 0 saturated heterocycles. The number of carbonyl (C=O) groups is 1. The number of amides is 1. The molecule has 0 fully saturated rings. The second kappa shape index (κ2) is 5.65. The van der Waals surface area contributed by atoms with Gasteiger partial charge in [-0.15, -0.1) is 0 Å². The summed E-state index contributed by atoms with van der Waals surface area (Å²) in [5, 5.41) is 7.16. The lowest BCUT2D eigenvalue weighted by molar-refractivity contribution is -0.119. The van der Waals surface area contributed by atoms with Crippen molar-refractivity contribution in [3.8, 4) is 0 Å². The lowest BCUT2D eigenvalue weighted by Crippen LogP contribution is -2.25. The third-order valence-corrected chi connectivity index (χ3v) is 2.91. The van der Waals surface area contributed by atoms with Crippen LogP contribution in [0.4, 0.5) is 5.82 Å². The number of aromatic nitrogens is 3. The molecular weight excluding hydrogens is 240 g/mol. The number of nitrogens with zero attached hydrogens (tertiary/aromatic N) is 3. The largest absolute Gasteiger partial charge is 0.310 e. The van der Waals surface area contributed by atoms with Gasteiger partial charge < -0.3 is 5.32 Å². The number of nitrogens with one attached hydrogen (secondary N) is 1. The average molecular weight is 258 g/mol. The number of hydrogen-bond acceptors (Lipinski definition) is 3. The molecule has 0 aliphatic heterocycles. The molecule has 1 N–H and O–H groups in total. The van der Waals surface area contributed by atoms with Gasteiger partial charge in [-0.1, -0.05) is 13.0 Å². The van der Waals surface area contributed by atoms with E-state index in [9.17, 15) is 4.79 Å². The molecule has 1 amide bonds. The highest BCUT2D eigenvalue weighted by molar-refractivity contribution is 5.91. The van der Waals surface area contributed by atoms with Gasteiger partial charge in [0.15, 0.2) is 0 Å². The second-order valence-electron chi connectivity index (χ2n) is 4.71. The molecule has 100 valence electrons. The van der Waals surface area contributed by atoms with Gasteiger partial charge in [-0.05, 0) is 32.0 Å². The van der Waals surface area contributed by atoms with E-state index in [1.807, 2.05) is 43.7 Å². The number of rotatable bonds is 4. The Morgan fingerprint density at radius 1 is 1.42 bits per heavy atom. The van der Waals surface area contributed by atoms with Gasteiger partial charge >= 0.3 is 0 Å². The maximum absolute atomic E-state index is 12.0. The molecule has 0 radical (unpaired) electrons. The smallest absolute Gasteiger partial charge is 0.230 e. The molecule has 0 spiro atoms. The topological polar surface area (TPSA) is 59.8 Å². The van der Waals surface area contributed by atoms with E-state index in [1.165, 1.54) is 0 Å². The highest BCUT2D eigenvalue weighted by Gasteiger charge is 2.15. The summed E-state index contributed by atoms with van der Waals surface area (Å²) < 4.78 is 1.86. The first-order chi connectivity index (χ1) is 9.06. The summed E-state index contributed by atoms with van der Waals surface area (Å²) in [4.78, 5) is 16.1. The molecule has 2 aromatic heterocycles. The van der Waals surface area contributed by atoms with Crippen LogP contribution in [-0.4, -0.2) is 20.7 Å². The molecule has 0 aromatic carbocycles. The van der Waals surface area contributed by atoms with Gasteiger partial charge in [0.25, 0.3) is 0 Å². The van der Waals surface area contributed by atoms with Crippen LogP contribution in [0.2, 0.25) is 0 Å². The first-order valence-corrected chi connectivity index (χ1v) is 6.29. The highest BCUT2D eigenvalue weighted by atomic mass is 16.1. The predicted molar refractivity (Wildman–Crippen MR) is 73.7 cm³/mol. The molecule has 0 aliphatic rings. The molecule has 2 rings (SSSR count). The van der Waals surface area contributed by atoms with E-state index in [-0.39, 0.29) is 11.8 Å². The molecule has 0 saturated carbocycles. The van der Waals surface area contributed by atoms with Crippen LogP contribution in [-0.2, 0) is 11.3 Å². The van der Waals surface area contributed by atoms with Crippen molar-refractivity contribution in [2.75, 3.05) is 5.32 Å². The lowest BCUT2D eigenvalue weighted by atomic mass is 10.1. The molecule has 0 aliphatic carbocycles. The van der Waals surface area contributed by atoms with E-state index >= 15 is 0 Å². The van der Waals surface area contributed by atoms with Crippen molar-refractivity contribution >= 4 is 11.7 Å². The van der Waals surface area contributed by atoms with Gasteiger partial charge in [0.1, 0.15) is 5.82 Å². The molecule has 2 heterocycles. The SMILES string of the molecule is Cc1cc(C)n(C[C@@H](C)C(=O)Nc2ccccn2)n1. The van der Waals surface area contributed by atoms with Gasteiger partial charge in [0.05, 0.1) is 18.2 Å². The summed E-state index contributed by atoms with van der Waals surface area (Å²) in [5.74, 6) is 0.360. The summed E-state index contributed by atoms with van der Waals surface area (Å²) in [5.41, 5.74) is 2.03. The van der Waals surface area contributed by atoms with E-state index < -0.39 is 0 Å². The van der Waals surface area contributed by atoms with Gasteiger partial charge in [-0.2, -0.15) is 5.10 Å². The summed E-state index contributed by atoms with van der Waals surface area (Å²) in [7, 11) is 0. The zero-order chi connectivity index (χ0) is 13.8. The van der Waals surface area contributed by atoms with Crippen molar-refractivity contribution in [3.05, 3.63) is 41.9 Å². The summed E-state index contributed by atoms with van der Waals surface area (Å²) in [6.07, 6.45) is 1.65. The van der Waals surface area contributed by atoms with Gasteiger partial charge in [0, 0.05) is 11.9 Å². The monoisotopic (exact) mass is 258 g/mol. The van der Waals surface area contributed by atoms with E-state index in [0.717, 1.165) is 11.4 Å². The Hall–Kier alpha value is -2.17. The van der Waals surface area contributed by atoms with Crippen LogP contribution in [0.1, 0.15) is 18.3 Å². The highest BCUT2D eigenvalue weighted by Crippen LogP contribution is 2.09. The fraction of sp³-hybridized carbons (Fsp3) is 0.357. The number of carbonyl (C=O) groups excluding carboxylic acids is 1. The van der Waals surface area contributed by atoms with E-state index in [0.29, 0.717) is 12.4 Å². The average Bonchev–Trinajstić information content (AvgIpc) is 2.69. The number of pyridine rings is 1. The van der Waals surface area contributed by atoms with Crippen LogP contribution < -0.4 is 5.32 Å². The predicted octanol–water partition coefficient (Wildman–Crippen LogP) is 2.17. The summed E-state index contributed by atoms with van der Waals surface area (Å²) in [6, 6.07) is 7.43. The third-order valence-electron chi connectivity index (χ3n) is 2.91. The summed E-state index contributed by atoms with van der Waals surface area (Å²) >= 11 is 0. The van der Waals surface area contributed by atoms with Crippen LogP contribution in [0, 0.1) is 19.8 Å². The molecule has 2 aromatic rings. The third kappa shape index (κ3) is 3.40. The number of anilines is 1. The molecule has 0 bridgehead atoms. The fourth-order valence-electron chi connectivity index (χ4n) is 1.89. The molecule has 5 heteroatoms. The van der Waals surface area contributed by atoms with Gasteiger partial charge in [-0.3, -0.25) is 9.48 Å². The number of aryl methyl sites for hydroxylation is 2. The van der Waals surface area contributed by atoms with Gasteiger partial charge in [-0.25, -0.2) is 4.98 Å². The van der Waals surface area contributed by atoms with Crippen molar-refractivity contribution in [2.45, 2.75) is 27.3 Å². The molecular formula is C14H18N4O. The molecule has 19 heavy (non-hydrogen) atoms. The van der Waals surface area contributed by atoms with Crippen LogP contribution in [0.3, 0.4) is 0 Å². The first kappa shape index (κ1) is 13.3. The first-order valence-electron chi connectivity index (χ1n) is 6.29. The fourth-order valence-corrected chi connectivity index (χ4v) is 1.89. The summed E-state index contributed by atoms with van der Waals surface area (Å²) in [6.45, 7) is 6.39. The van der Waals surface area contributed by atoms with Crippen molar-refractivity contribution in [1.29, 1.82) is 0 Å². The van der Waals surface area contributed by atoms with Crippen LogP contribution in [0.25, 0.3) is 0 Å². The normalized spacial score (nSPS) is 12.2. The molecule has 0 unspecified atom stereocenters. The maximum atomic E-state index is 12.0. The maximum Gasteiger partial charge on any atom is 0.230 e. The Morgan fingerprint density at radius 3 is 2.79 bits per heavy atom. The minimum atomic E-state index is -0.167. The van der Waals surface area contributed by atoms with Crippen LogP contribution in [0.15, 0.2) is 30.5 Å². The minimum Gasteiger partial charge on any atom is -0.310 e. The van der Waals surface area contributed by atoms with Crippen molar-refractivity contribution in [1.82, 2.24) is 14.8 Å². The Morgan fingerprint density at radius 2 is 2.21 bits per heavy atom. The Bertz CT molecular complexity index is 562. The Labute approximate surface area is 112 Å². The number of hydrogen-bond donors (Lipinski definition) is 1. The zero-order valence-corrected chi connectivity index (χ0v) is 11.4. The quantitative estimate of drug-likeness (QED) is 0.914. The zero-order valence-electron chi connectivity index (χ0n) is 11.4. The van der Waals surface area contributed by atoms with Crippen LogP contribution >= 0.6 is 0 Å². The lowest BCUT2D eigenvalue weighted by Gasteiger charge is -2.12. The van der Waals surface area contributed by atoms with E-state index in [1.54, 1.807) is 12.3 Å². The van der Waals surface area contributed by atoms with Crippen molar-refractivity contribution in [2.24, 2.45) is 5.92 Å². The Kier molecular flexibility index (Phi) is 3.94. The standard InChI is InChI=1S/C14H18N4O/c1-10(9-18-12(3)8-11(2)17-18)14(19)16-13-6-4-5-7-15-13/h4-8,10H,9H2,1-3H3,(H,15,16,19)/t10-/m1/s1. The van der Waals surface area contributed by atoms with Crippen molar-refractivity contribution in [3.63, 3.8) is 0 Å². The Balaban J connectivity index is 1.98. The van der Waals surface area contributed by atoms with Gasteiger partial charge in [0.2, 0.25) is 5.91 Å². The van der Waals surface area contributed by atoms with E-state index in [2.05, 4.69) is 15.4 Å². The van der Waals surface area contributed by atoms with E-state index in [4.69, 9.17) is 0 Å². The second-order valence-corrected chi connectivity index (χ2v) is 4.71. The molecule has 5 nitrogen and oxygen atoms in total. The van der Waals surface area contributed by atoms with Crippen molar-refractivity contribution < 1.29 is 4.79 Å². The van der Waals surface area contributed by atoms with Crippen LogP contribution in [0.5, 0.6) is 0 Å². The molecule has 1 atom stereocenters. The minimum absolute atomic E-state index is 0.0498.